The van der Waals surface area contributed by atoms with Crippen LogP contribution in [0.3, 0.4) is 0 Å². The number of hydrogen-bond acceptors (Lipinski definition) is 5. The summed E-state index contributed by atoms with van der Waals surface area (Å²) in [6.07, 6.45) is 4.96. The number of carboxylic acid groups (broad SMARTS) is 1. The van der Waals surface area contributed by atoms with Crippen LogP contribution in [0.4, 0.5) is 0 Å². The van der Waals surface area contributed by atoms with Gasteiger partial charge in [-0.1, -0.05) is 25.3 Å². The Hall–Kier alpha value is -2.08. The van der Waals surface area contributed by atoms with Gasteiger partial charge in [0.25, 0.3) is 0 Å². The predicted molar refractivity (Wildman–Crippen MR) is 84.4 cm³/mol. The SMILES string of the molecule is CCOc1cc([C@H](N)C(=O)O)ccc1OC(=O)C1CCCCC1. The lowest BCUT2D eigenvalue weighted by Crippen LogP contribution is -2.23. The lowest BCUT2D eigenvalue weighted by atomic mass is 9.89. The molecule has 126 valence electrons. The van der Waals surface area contributed by atoms with Gasteiger partial charge in [0.15, 0.2) is 11.5 Å². The van der Waals surface area contributed by atoms with Gasteiger partial charge < -0.3 is 20.3 Å². The summed E-state index contributed by atoms with van der Waals surface area (Å²) < 4.78 is 11.0. The van der Waals surface area contributed by atoms with Crippen molar-refractivity contribution in [1.82, 2.24) is 0 Å². The molecular formula is C17H23NO5. The molecule has 0 heterocycles. The van der Waals surface area contributed by atoms with Gasteiger partial charge in [-0.05, 0) is 37.5 Å². The second-order valence-electron chi connectivity index (χ2n) is 5.71. The van der Waals surface area contributed by atoms with Crippen LogP contribution in [-0.2, 0) is 9.59 Å². The fraction of sp³-hybridized carbons (Fsp3) is 0.529. The Kier molecular flexibility index (Phi) is 5.98. The lowest BCUT2D eigenvalue weighted by molar-refractivity contribution is -0.140. The number of aliphatic carboxylic acids is 1. The Balaban J connectivity index is 2.16. The van der Waals surface area contributed by atoms with E-state index >= 15 is 0 Å². The number of nitrogens with two attached hydrogens (primary N) is 1. The highest BCUT2D eigenvalue weighted by Gasteiger charge is 2.24. The fourth-order valence-electron chi connectivity index (χ4n) is 2.74. The van der Waals surface area contributed by atoms with Crippen LogP contribution < -0.4 is 15.2 Å². The Morgan fingerprint density at radius 2 is 1.96 bits per heavy atom. The zero-order chi connectivity index (χ0) is 16.8. The first-order chi connectivity index (χ1) is 11.0. The van der Waals surface area contributed by atoms with Crippen molar-refractivity contribution in [3.63, 3.8) is 0 Å². The second-order valence-corrected chi connectivity index (χ2v) is 5.71. The van der Waals surface area contributed by atoms with Crippen molar-refractivity contribution < 1.29 is 24.2 Å². The summed E-state index contributed by atoms with van der Waals surface area (Å²) in [5.74, 6) is -0.797. The van der Waals surface area contributed by atoms with Gasteiger partial charge in [-0.25, -0.2) is 0 Å². The maximum Gasteiger partial charge on any atom is 0.325 e. The van der Waals surface area contributed by atoms with Crippen molar-refractivity contribution in [2.75, 3.05) is 6.61 Å². The van der Waals surface area contributed by atoms with Crippen LogP contribution in [-0.4, -0.2) is 23.7 Å². The number of carboxylic acids is 1. The summed E-state index contributed by atoms with van der Waals surface area (Å²) in [5.41, 5.74) is 6.01. The molecule has 1 atom stereocenters. The molecule has 0 spiro atoms. The molecule has 1 aromatic carbocycles. The summed E-state index contributed by atoms with van der Waals surface area (Å²) in [7, 11) is 0. The van der Waals surface area contributed by atoms with Crippen LogP contribution in [0.1, 0.15) is 50.6 Å². The van der Waals surface area contributed by atoms with Crippen LogP contribution in [0, 0.1) is 5.92 Å². The van der Waals surface area contributed by atoms with Crippen LogP contribution in [0.2, 0.25) is 0 Å². The minimum absolute atomic E-state index is 0.0702. The smallest absolute Gasteiger partial charge is 0.325 e. The summed E-state index contributed by atoms with van der Waals surface area (Å²) >= 11 is 0. The van der Waals surface area contributed by atoms with Crippen LogP contribution >= 0.6 is 0 Å². The highest BCUT2D eigenvalue weighted by molar-refractivity contribution is 5.77. The summed E-state index contributed by atoms with van der Waals surface area (Å²) in [6.45, 7) is 2.18. The van der Waals surface area contributed by atoms with E-state index in [-0.39, 0.29) is 11.9 Å². The number of carbonyl (C=O) groups is 2. The van der Waals surface area contributed by atoms with E-state index in [4.69, 9.17) is 20.3 Å². The number of rotatable bonds is 6. The van der Waals surface area contributed by atoms with Gasteiger partial charge >= 0.3 is 11.9 Å². The van der Waals surface area contributed by atoms with E-state index in [9.17, 15) is 9.59 Å². The van der Waals surface area contributed by atoms with Crippen LogP contribution in [0.5, 0.6) is 11.5 Å². The average Bonchev–Trinajstić information content (AvgIpc) is 2.56. The van der Waals surface area contributed by atoms with Crippen molar-refractivity contribution in [1.29, 1.82) is 0 Å². The summed E-state index contributed by atoms with van der Waals surface area (Å²) in [5, 5.41) is 8.99. The maximum absolute atomic E-state index is 12.3. The third kappa shape index (κ3) is 4.45. The fourth-order valence-corrected chi connectivity index (χ4v) is 2.74. The van der Waals surface area contributed by atoms with Gasteiger partial charge in [0.05, 0.1) is 12.5 Å². The third-order valence-electron chi connectivity index (χ3n) is 4.04. The number of esters is 1. The monoisotopic (exact) mass is 321 g/mol. The van der Waals surface area contributed by atoms with E-state index in [0.717, 1.165) is 32.1 Å². The number of benzene rings is 1. The van der Waals surface area contributed by atoms with Gasteiger partial charge in [0, 0.05) is 0 Å². The minimum atomic E-state index is -1.14. The molecule has 0 amide bonds. The van der Waals surface area contributed by atoms with Gasteiger partial charge in [-0.15, -0.1) is 0 Å². The van der Waals surface area contributed by atoms with Crippen LogP contribution in [0.25, 0.3) is 0 Å². The molecule has 0 radical (unpaired) electrons. The van der Waals surface area contributed by atoms with E-state index in [0.29, 0.717) is 23.7 Å². The highest BCUT2D eigenvalue weighted by Crippen LogP contribution is 2.32. The lowest BCUT2D eigenvalue weighted by Gasteiger charge is -2.21. The van der Waals surface area contributed by atoms with Crippen molar-refractivity contribution in [3.05, 3.63) is 23.8 Å². The third-order valence-corrected chi connectivity index (χ3v) is 4.04. The van der Waals surface area contributed by atoms with E-state index < -0.39 is 12.0 Å². The van der Waals surface area contributed by atoms with Crippen molar-refractivity contribution in [3.8, 4) is 11.5 Å². The van der Waals surface area contributed by atoms with Gasteiger partial charge in [0.1, 0.15) is 6.04 Å². The van der Waals surface area contributed by atoms with E-state index in [1.165, 1.54) is 6.07 Å². The second kappa shape index (κ2) is 7.97. The Morgan fingerprint density at radius 1 is 1.26 bits per heavy atom. The molecule has 3 N–H and O–H groups in total. The molecule has 0 aromatic heterocycles. The molecule has 6 heteroatoms. The summed E-state index contributed by atoms with van der Waals surface area (Å²) in [4.78, 5) is 23.2. The normalized spacial score (nSPS) is 16.6. The van der Waals surface area contributed by atoms with Crippen molar-refractivity contribution >= 4 is 11.9 Å². The Bertz CT molecular complexity index is 566. The number of hydrogen-bond donors (Lipinski definition) is 2. The Morgan fingerprint density at radius 3 is 2.57 bits per heavy atom. The predicted octanol–water partition coefficient (Wildman–Crippen LogP) is 2.66. The first-order valence-corrected chi connectivity index (χ1v) is 7.99. The standard InChI is InChI=1S/C17H23NO5/c1-2-22-14-10-12(15(18)16(19)20)8-9-13(14)23-17(21)11-6-4-3-5-7-11/h8-11,15H,2-7,18H2,1H3,(H,19,20)/t15-/m0/s1. The first-order valence-electron chi connectivity index (χ1n) is 7.99. The van der Waals surface area contributed by atoms with E-state index in [1.54, 1.807) is 19.1 Å². The molecule has 0 unspecified atom stereocenters. The molecule has 1 fully saturated rings. The number of ether oxygens (including phenoxy) is 2. The van der Waals surface area contributed by atoms with Crippen molar-refractivity contribution in [2.24, 2.45) is 11.7 Å². The average molecular weight is 321 g/mol. The Labute approximate surface area is 135 Å². The van der Waals surface area contributed by atoms with Gasteiger partial charge in [-0.3, -0.25) is 9.59 Å². The van der Waals surface area contributed by atoms with E-state index in [2.05, 4.69) is 0 Å². The molecule has 23 heavy (non-hydrogen) atoms. The zero-order valence-corrected chi connectivity index (χ0v) is 13.3. The van der Waals surface area contributed by atoms with Gasteiger partial charge in [-0.2, -0.15) is 0 Å². The molecule has 1 aliphatic rings. The summed E-state index contributed by atoms with van der Waals surface area (Å²) in [6, 6.07) is 3.47. The molecular weight excluding hydrogens is 298 g/mol. The minimum Gasteiger partial charge on any atom is -0.490 e. The van der Waals surface area contributed by atoms with Crippen molar-refractivity contribution in [2.45, 2.75) is 45.1 Å². The number of carbonyl (C=O) groups excluding carboxylic acids is 1. The van der Waals surface area contributed by atoms with E-state index in [1.807, 2.05) is 0 Å². The molecule has 0 bridgehead atoms. The molecule has 6 nitrogen and oxygen atoms in total. The van der Waals surface area contributed by atoms with Crippen LogP contribution in [0.15, 0.2) is 18.2 Å². The molecule has 1 aliphatic carbocycles. The maximum atomic E-state index is 12.3. The quantitative estimate of drug-likeness (QED) is 0.617. The molecule has 0 aliphatic heterocycles. The topological polar surface area (TPSA) is 98.8 Å². The zero-order valence-electron chi connectivity index (χ0n) is 13.3. The highest BCUT2D eigenvalue weighted by atomic mass is 16.6. The molecule has 2 rings (SSSR count). The molecule has 0 saturated heterocycles. The largest absolute Gasteiger partial charge is 0.490 e. The first kappa shape index (κ1) is 17.3. The van der Waals surface area contributed by atoms with Gasteiger partial charge in [0.2, 0.25) is 0 Å². The molecule has 1 saturated carbocycles. The molecule has 1 aromatic rings.